The third-order valence-corrected chi connectivity index (χ3v) is 6.42. The van der Waals surface area contributed by atoms with Crippen LogP contribution in [0, 0.1) is 11.8 Å². The van der Waals surface area contributed by atoms with Gasteiger partial charge in [0.1, 0.15) is 0 Å². The van der Waals surface area contributed by atoms with Crippen LogP contribution in [-0.2, 0) is 10.2 Å². The molecule has 0 saturated carbocycles. The monoisotopic (exact) mass is 422 g/mol. The summed E-state index contributed by atoms with van der Waals surface area (Å²) >= 11 is 0. The highest BCUT2D eigenvalue weighted by atomic mass is 16.5. The number of nitrogen functional groups attached to an aromatic ring is 1. The summed E-state index contributed by atoms with van der Waals surface area (Å²) in [5, 5.41) is 7.65. The molecule has 0 aliphatic carbocycles. The van der Waals surface area contributed by atoms with E-state index < -0.39 is 5.41 Å². The van der Waals surface area contributed by atoms with Gasteiger partial charge >= 0.3 is 6.01 Å². The maximum absolute atomic E-state index is 5.59. The molecule has 1 unspecified atom stereocenters. The zero-order valence-corrected chi connectivity index (χ0v) is 18.3. The number of ether oxygens (including phenoxy) is 1. The average molecular weight is 423 g/mol. The van der Waals surface area contributed by atoms with Gasteiger partial charge in [0.25, 0.3) is 0 Å². The van der Waals surface area contributed by atoms with Crippen molar-refractivity contribution in [1.82, 2.24) is 20.1 Å². The fourth-order valence-electron chi connectivity index (χ4n) is 3.91. The van der Waals surface area contributed by atoms with Crippen molar-refractivity contribution in [3.05, 3.63) is 48.0 Å². The molecule has 0 amide bonds. The molecular formula is C23H30N6O2. The van der Waals surface area contributed by atoms with Crippen LogP contribution >= 0.6 is 0 Å². The number of aromatic nitrogens is 4. The van der Waals surface area contributed by atoms with E-state index in [-0.39, 0.29) is 11.9 Å². The third kappa shape index (κ3) is 4.54. The Morgan fingerprint density at radius 2 is 1.77 bits per heavy atom. The minimum Gasteiger partial charge on any atom is -0.381 e. The number of hydrogen-bond donors (Lipinski definition) is 2. The maximum Gasteiger partial charge on any atom is 0.321 e. The largest absolute Gasteiger partial charge is 0.381 e. The summed E-state index contributed by atoms with van der Waals surface area (Å²) in [6.07, 6.45) is 5.58. The van der Waals surface area contributed by atoms with Gasteiger partial charge in [0.2, 0.25) is 5.95 Å². The number of rotatable bonds is 7. The third-order valence-electron chi connectivity index (χ3n) is 6.42. The number of hydrogen-bond acceptors (Lipinski definition) is 8. The highest BCUT2D eigenvalue weighted by Crippen LogP contribution is 2.38. The summed E-state index contributed by atoms with van der Waals surface area (Å²) in [7, 11) is 0. The summed E-state index contributed by atoms with van der Waals surface area (Å²) in [6.45, 7) is 8.98. The van der Waals surface area contributed by atoms with Crippen molar-refractivity contribution >= 4 is 12.0 Å². The zero-order valence-electron chi connectivity index (χ0n) is 18.3. The molecule has 4 rings (SSSR count). The molecule has 1 aromatic carbocycles. The van der Waals surface area contributed by atoms with Crippen molar-refractivity contribution in [1.29, 1.82) is 0 Å². The van der Waals surface area contributed by atoms with Gasteiger partial charge in [0.05, 0.1) is 5.41 Å². The molecule has 1 atom stereocenters. The van der Waals surface area contributed by atoms with E-state index in [1.54, 1.807) is 12.4 Å². The second-order valence-electron chi connectivity index (χ2n) is 8.62. The van der Waals surface area contributed by atoms with Crippen LogP contribution < -0.4 is 11.1 Å². The molecule has 3 N–H and O–H groups in total. The van der Waals surface area contributed by atoms with E-state index in [0.717, 1.165) is 49.3 Å². The Labute approximate surface area is 182 Å². The standard InChI is InChI=1S/C23H30N6O2/c1-15(2)23(3,19-6-4-17(5-7-19)18-13-25-21(24)26-14-18)20-28-22(31-29-20)27-12-16-8-10-30-11-9-16/h4-7,13-16H,8-12H2,1-3H3,(H2,24,25,26)(H,27,28,29). The quantitative estimate of drug-likeness (QED) is 0.589. The predicted molar refractivity (Wildman–Crippen MR) is 120 cm³/mol. The number of benzene rings is 1. The average Bonchev–Trinajstić information content (AvgIpc) is 3.28. The molecule has 1 saturated heterocycles. The fourth-order valence-corrected chi connectivity index (χ4v) is 3.91. The molecule has 8 heteroatoms. The topological polar surface area (TPSA) is 112 Å². The normalized spacial score (nSPS) is 16.9. The molecule has 2 aromatic heterocycles. The van der Waals surface area contributed by atoms with Crippen LogP contribution in [0.1, 0.15) is 45.0 Å². The van der Waals surface area contributed by atoms with Crippen LogP contribution in [0.4, 0.5) is 12.0 Å². The van der Waals surface area contributed by atoms with Crippen LogP contribution in [0.3, 0.4) is 0 Å². The second-order valence-corrected chi connectivity index (χ2v) is 8.62. The van der Waals surface area contributed by atoms with E-state index in [1.807, 2.05) is 0 Å². The lowest BCUT2D eigenvalue weighted by Gasteiger charge is -2.31. The van der Waals surface area contributed by atoms with Gasteiger partial charge in [-0.3, -0.25) is 0 Å². The highest BCUT2D eigenvalue weighted by molar-refractivity contribution is 5.62. The van der Waals surface area contributed by atoms with Gasteiger partial charge in [-0.2, -0.15) is 4.98 Å². The Hall–Kier alpha value is -3.00. The molecule has 1 aliphatic rings. The van der Waals surface area contributed by atoms with Crippen molar-refractivity contribution in [2.45, 2.75) is 39.0 Å². The van der Waals surface area contributed by atoms with Gasteiger partial charge in [-0.1, -0.05) is 43.3 Å². The number of nitrogens with zero attached hydrogens (tertiary/aromatic N) is 4. The Kier molecular flexibility index (Phi) is 6.18. The summed E-state index contributed by atoms with van der Waals surface area (Å²) in [5.41, 5.74) is 8.28. The summed E-state index contributed by atoms with van der Waals surface area (Å²) in [4.78, 5) is 12.9. The molecule has 3 aromatic rings. The number of nitrogens with one attached hydrogen (secondary N) is 1. The molecule has 1 aliphatic heterocycles. The second kappa shape index (κ2) is 9.01. The Balaban J connectivity index is 1.53. The first-order valence-corrected chi connectivity index (χ1v) is 10.8. The summed E-state index contributed by atoms with van der Waals surface area (Å²) in [5.74, 6) is 1.79. The summed E-state index contributed by atoms with van der Waals surface area (Å²) in [6, 6.07) is 8.82. The fraction of sp³-hybridized carbons (Fsp3) is 0.478. The van der Waals surface area contributed by atoms with Gasteiger partial charge in [0.15, 0.2) is 5.82 Å². The first kappa shape index (κ1) is 21.2. The van der Waals surface area contributed by atoms with E-state index in [2.05, 4.69) is 65.5 Å². The molecular weight excluding hydrogens is 392 g/mol. The SMILES string of the molecule is CC(C)C(C)(c1ccc(-c2cnc(N)nc2)cc1)c1noc(NCC2CCOCC2)n1. The van der Waals surface area contributed by atoms with Gasteiger partial charge in [-0.25, -0.2) is 9.97 Å². The molecule has 0 bridgehead atoms. The molecule has 3 heterocycles. The van der Waals surface area contributed by atoms with Crippen LogP contribution in [0.2, 0.25) is 0 Å². The lowest BCUT2D eigenvalue weighted by Crippen LogP contribution is -2.31. The van der Waals surface area contributed by atoms with Crippen LogP contribution in [0.5, 0.6) is 0 Å². The molecule has 0 radical (unpaired) electrons. The molecule has 0 spiro atoms. The van der Waals surface area contributed by atoms with Crippen molar-refractivity contribution in [3.8, 4) is 11.1 Å². The molecule has 31 heavy (non-hydrogen) atoms. The first-order chi connectivity index (χ1) is 15.0. The predicted octanol–water partition coefficient (Wildman–Crippen LogP) is 3.91. The zero-order chi connectivity index (χ0) is 21.8. The Morgan fingerprint density at radius 1 is 1.10 bits per heavy atom. The Morgan fingerprint density at radius 3 is 2.42 bits per heavy atom. The van der Waals surface area contributed by atoms with E-state index >= 15 is 0 Å². The smallest absolute Gasteiger partial charge is 0.321 e. The van der Waals surface area contributed by atoms with Crippen molar-refractivity contribution in [3.63, 3.8) is 0 Å². The minimum absolute atomic E-state index is 0.263. The maximum atomic E-state index is 5.59. The van der Waals surface area contributed by atoms with E-state index in [9.17, 15) is 0 Å². The lowest BCUT2D eigenvalue weighted by molar-refractivity contribution is 0.0697. The van der Waals surface area contributed by atoms with Crippen molar-refractivity contribution < 1.29 is 9.26 Å². The highest BCUT2D eigenvalue weighted by Gasteiger charge is 2.37. The van der Waals surface area contributed by atoms with Gasteiger partial charge in [-0.05, 0) is 42.7 Å². The minimum atomic E-state index is -0.391. The molecule has 1 fully saturated rings. The van der Waals surface area contributed by atoms with Crippen molar-refractivity contribution in [2.24, 2.45) is 11.8 Å². The van der Waals surface area contributed by atoms with Crippen LogP contribution in [-0.4, -0.2) is 39.9 Å². The van der Waals surface area contributed by atoms with Crippen LogP contribution in [0.25, 0.3) is 11.1 Å². The molecule has 8 nitrogen and oxygen atoms in total. The van der Waals surface area contributed by atoms with E-state index in [0.29, 0.717) is 17.8 Å². The van der Waals surface area contributed by atoms with E-state index in [4.69, 9.17) is 20.0 Å². The Bertz CT molecular complexity index is 980. The van der Waals surface area contributed by atoms with Gasteiger partial charge in [-0.15, -0.1) is 0 Å². The van der Waals surface area contributed by atoms with E-state index in [1.165, 1.54) is 0 Å². The van der Waals surface area contributed by atoms with Crippen LogP contribution in [0.15, 0.2) is 41.2 Å². The number of anilines is 2. The summed E-state index contributed by atoms with van der Waals surface area (Å²) < 4.78 is 11.0. The first-order valence-electron chi connectivity index (χ1n) is 10.8. The van der Waals surface area contributed by atoms with Gasteiger partial charge in [0, 0.05) is 37.7 Å². The van der Waals surface area contributed by atoms with Gasteiger partial charge < -0.3 is 20.3 Å². The number of nitrogens with two attached hydrogens (primary N) is 1. The van der Waals surface area contributed by atoms with Crippen molar-refractivity contribution in [2.75, 3.05) is 30.8 Å². The molecule has 164 valence electrons. The lowest BCUT2D eigenvalue weighted by atomic mass is 9.72.